The van der Waals surface area contributed by atoms with Gasteiger partial charge in [-0.15, -0.1) is 0 Å². The van der Waals surface area contributed by atoms with Crippen molar-refractivity contribution in [3.8, 4) is 0 Å². The van der Waals surface area contributed by atoms with Gasteiger partial charge in [-0.1, -0.05) is 36.9 Å². The van der Waals surface area contributed by atoms with Crippen molar-refractivity contribution in [2.45, 2.75) is 6.23 Å². The van der Waals surface area contributed by atoms with Crippen molar-refractivity contribution in [2.24, 2.45) is 0 Å². The van der Waals surface area contributed by atoms with E-state index in [4.69, 9.17) is 0 Å². The van der Waals surface area contributed by atoms with Gasteiger partial charge in [-0.3, -0.25) is 0 Å². The van der Waals surface area contributed by atoms with Crippen LogP contribution in [0.3, 0.4) is 0 Å². The number of aliphatic hydroxyl groups is 1. The van der Waals surface area contributed by atoms with Crippen LogP contribution in [0.5, 0.6) is 0 Å². The van der Waals surface area contributed by atoms with Crippen molar-refractivity contribution in [1.29, 1.82) is 0 Å². The lowest BCUT2D eigenvalue weighted by Gasteiger charge is -2.10. The predicted molar refractivity (Wildman–Crippen MR) is 63.8 cm³/mol. The standard InChI is InChI=1S/C13H13NO/c1-2-13(15)14-12-8-7-10-5-3-4-6-11(10)9-12/h2-9,13-15H,1H2. The van der Waals surface area contributed by atoms with Crippen molar-refractivity contribution in [1.82, 2.24) is 0 Å². The van der Waals surface area contributed by atoms with Gasteiger partial charge in [-0.25, -0.2) is 0 Å². The number of fused-ring (bicyclic) bond motifs is 1. The number of hydrogen-bond donors (Lipinski definition) is 2. The Kier molecular flexibility index (Phi) is 2.70. The largest absolute Gasteiger partial charge is 0.370 e. The monoisotopic (exact) mass is 199 g/mol. The fraction of sp³-hybridized carbons (Fsp3) is 0.0769. The van der Waals surface area contributed by atoms with Crippen molar-refractivity contribution in [3.63, 3.8) is 0 Å². The van der Waals surface area contributed by atoms with E-state index in [9.17, 15) is 5.11 Å². The molecular formula is C13H13NO. The van der Waals surface area contributed by atoms with Gasteiger partial charge in [0, 0.05) is 5.69 Å². The topological polar surface area (TPSA) is 32.3 Å². The van der Waals surface area contributed by atoms with Crippen LogP contribution < -0.4 is 5.32 Å². The lowest BCUT2D eigenvalue weighted by Crippen LogP contribution is -2.14. The summed E-state index contributed by atoms with van der Waals surface area (Å²) in [6.07, 6.45) is 0.751. The van der Waals surface area contributed by atoms with E-state index in [0.717, 1.165) is 11.1 Å². The smallest absolute Gasteiger partial charge is 0.143 e. The third kappa shape index (κ3) is 2.17. The van der Waals surface area contributed by atoms with Crippen molar-refractivity contribution < 1.29 is 5.11 Å². The van der Waals surface area contributed by atoms with Crippen LogP contribution >= 0.6 is 0 Å². The van der Waals surface area contributed by atoms with E-state index < -0.39 is 6.23 Å². The Morgan fingerprint density at radius 2 is 1.87 bits per heavy atom. The Morgan fingerprint density at radius 1 is 1.13 bits per heavy atom. The molecule has 0 heterocycles. The van der Waals surface area contributed by atoms with Crippen molar-refractivity contribution in [3.05, 3.63) is 55.1 Å². The molecule has 0 fully saturated rings. The molecule has 2 nitrogen and oxygen atoms in total. The number of anilines is 1. The van der Waals surface area contributed by atoms with Crippen LogP contribution in [-0.4, -0.2) is 11.3 Å². The van der Waals surface area contributed by atoms with Gasteiger partial charge >= 0.3 is 0 Å². The molecule has 15 heavy (non-hydrogen) atoms. The highest BCUT2D eigenvalue weighted by Crippen LogP contribution is 2.19. The van der Waals surface area contributed by atoms with Gasteiger partial charge in [0.05, 0.1) is 0 Å². The summed E-state index contributed by atoms with van der Waals surface area (Å²) >= 11 is 0. The first kappa shape index (κ1) is 9.74. The molecule has 0 amide bonds. The Hall–Kier alpha value is -1.80. The Morgan fingerprint density at radius 3 is 2.60 bits per heavy atom. The van der Waals surface area contributed by atoms with Crippen LogP contribution in [0, 0.1) is 0 Å². The second-order valence-corrected chi connectivity index (χ2v) is 3.39. The third-order valence-corrected chi connectivity index (χ3v) is 2.29. The van der Waals surface area contributed by atoms with Gasteiger partial charge < -0.3 is 10.4 Å². The number of rotatable bonds is 3. The quantitative estimate of drug-likeness (QED) is 0.588. The van der Waals surface area contributed by atoms with Crippen LogP contribution in [0.15, 0.2) is 55.1 Å². The number of benzene rings is 2. The number of aliphatic hydroxyl groups excluding tert-OH is 1. The molecule has 2 aromatic carbocycles. The molecule has 0 saturated carbocycles. The highest BCUT2D eigenvalue weighted by Gasteiger charge is 1.98. The normalized spacial score (nSPS) is 12.3. The second kappa shape index (κ2) is 4.15. The zero-order chi connectivity index (χ0) is 10.7. The molecule has 2 rings (SSSR count). The molecule has 0 aromatic heterocycles. The van der Waals surface area contributed by atoms with Crippen LogP contribution in [0.25, 0.3) is 10.8 Å². The van der Waals surface area contributed by atoms with Crippen molar-refractivity contribution in [2.75, 3.05) is 5.32 Å². The Bertz CT molecular complexity index is 479. The van der Waals surface area contributed by atoms with Gasteiger partial charge in [0.15, 0.2) is 0 Å². The highest BCUT2D eigenvalue weighted by atomic mass is 16.3. The zero-order valence-corrected chi connectivity index (χ0v) is 8.35. The summed E-state index contributed by atoms with van der Waals surface area (Å²) in [5.74, 6) is 0. The van der Waals surface area contributed by atoms with E-state index >= 15 is 0 Å². The highest BCUT2D eigenvalue weighted by molar-refractivity contribution is 5.85. The van der Waals surface area contributed by atoms with Crippen LogP contribution in [0.2, 0.25) is 0 Å². The predicted octanol–water partition coefficient (Wildman–Crippen LogP) is 2.76. The minimum absolute atomic E-state index is 0.703. The first-order chi connectivity index (χ1) is 7.29. The summed E-state index contributed by atoms with van der Waals surface area (Å²) in [6.45, 7) is 3.51. The fourth-order valence-corrected chi connectivity index (χ4v) is 1.51. The molecule has 0 radical (unpaired) electrons. The molecule has 76 valence electrons. The SMILES string of the molecule is C=CC(O)Nc1ccc2ccccc2c1. The summed E-state index contributed by atoms with van der Waals surface area (Å²) in [5, 5.41) is 14.6. The minimum Gasteiger partial charge on any atom is -0.370 e. The molecule has 1 atom stereocenters. The second-order valence-electron chi connectivity index (χ2n) is 3.39. The molecule has 0 aliphatic rings. The molecule has 0 bridgehead atoms. The van der Waals surface area contributed by atoms with Crippen LogP contribution in [0.1, 0.15) is 0 Å². The van der Waals surface area contributed by atoms with Crippen LogP contribution in [0.4, 0.5) is 5.69 Å². The third-order valence-electron chi connectivity index (χ3n) is 2.29. The number of hydrogen-bond acceptors (Lipinski definition) is 2. The van der Waals surface area contributed by atoms with Gasteiger partial charge in [0.1, 0.15) is 6.23 Å². The summed E-state index contributed by atoms with van der Waals surface area (Å²) in [4.78, 5) is 0. The first-order valence-electron chi connectivity index (χ1n) is 4.85. The summed E-state index contributed by atoms with van der Waals surface area (Å²) in [7, 11) is 0. The van der Waals surface area contributed by atoms with Gasteiger partial charge in [0.2, 0.25) is 0 Å². The lowest BCUT2D eigenvalue weighted by molar-refractivity contribution is 0.253. The zero-order valence-electron chi connectivity index (χ0n) is 8.35. The summed E-state index contributed by atoms with van der Waals surface area (Å²) in [6, 6.07) is 14.1. The van der Waals surface area contributed by atoms with E-state index in [2.05, 4.69) is 18.0 Å². The van der Waals surface area contributed by atoms with Gasteiger partial charge in [-0.2, -0.15) is 0 Å². The molecule has 1 unspecified atom stereocenters. The Balaban J connectivity index is 2.34. The van der Waals surface area contributed by atoms with E-state index in [1.54, 1.807) is 0 Å². The molecule has 0 aliphatic heterocycles. The summed E-state index contributed by atoms with van der Waals surface area (Å²) in [5.41, 5.74) is 0.890. The van der Waals surface area contributed by atoms with Crippen LogP contribution in [-0.2, 0) is 0 Å². The average molecular weight is 199 g/mol. The number of nitrogens with one attached hydrogen (secondary N) is 1. The maximum Gasteiger partial charge on any atom is 0.143 e. The lowest BCUT2D eigenvalue weighted by atomic mass is 10.1. The van der Waals surface area contributed by atoms with E-state index in [0.29, 0.717) is 0 Å². The molecule has 2 N–H and O–H groups in total. The molecule has 0 aliphatic carbocycles. The average Bonchev–Trinajstić information content (AvgIpc) is 2.29. The van der Waals surface area contributed by atoms with E-state index in [-0.39, 0.29) is 0 Å². The molecule has 2 heteroatoms. The van der Waals surface area contributed by atoms with Crippen molar-refractivity contribution >= 4 is 16.5 Å². The molecule has 0 spiro atoms. The van der Waals surface area contributed by atoms with E-state index in [1.165, 1.54) is 11.5 Å². The maximum atomic E-state index is 9.35. The maximum absolute atomic E-state index is 9.35. The molecular weight excluding hydrogens is 186 g/mol. The summed E-state index contributed by atoms with van der Waals surface area (Å²) < 4.78 is 0. The fourth-order valence-electron chi connectivity index (χ4n) is 1.51. The first-order valence-corrected chi connectivity index (χ1v) is 4.85. The molecule has 2 aromatic rings. The van der Waals surface area contributed by atoms with Gasteiger partial charge in [-0.05, 0) is 29.0 Å². The van der Waals surface area contributed by atoms with E-state index in [1.807, 2.05) is 36.4 Å². The molecule has 0 saturated heterocycles. The van der Waals surface area contributed by atoms with Gasteiger partial charge in [0.25, 0.3) is 0 Å². The minimum atomic E-state index is -0.703. The Labute approximate surface area is 88.9 Å².